The van der Waals surface area contributed by atoms with E-state index >= 15 is 0 Å². The molecule has 1 unspecified atom stereocenters. The minimum atomic E-state index is -0.0999. The second-order valence-electron chi connectivity index (χ2n) is 4.06. The number of nitrogens with two attached hydrogens (primary N) is 1. The van der Waals surface area contributed by atoms with Gasteiger partial charge in [0.05, 0.1) is 21.5 Å². The molecule has 3 nitrogen and oxygen atoms in total. The number of hydrogen-bond donors (Lipinski definition) is 2. The van der Waals surface area contributed by atoms with Crippen molar-refractivity contribution in [1.82, 2.24) is 5.32 Å². The molecule has 1 atom stereocenters. The molecule has 1 aromatic rings. The molecule has 1 rings (SSSR count). The molecule has 1 aromatic carbocycles. The van der Waals surface area contributed by atoms with Crippen LogP contribution >= 0.6 is 35.4 Å². The Hall–Kier alpha value is -0.840. The smallest absolute Gasteiger partial charge is 0.224 e. The van der Waals surface area contributed by atoms with Crippen LogP contribution in [0.3, 0.4) is 0 Å². The summed E-state index contributed by atoms with van der Waals surface area (Å²) < 4.78 is 0. The molecule has 18 heavy (non-hydrogen) atoms. The summed E-state index contributed by atoms with van der Waals surface area (Å²) in [6, 6.07) is 5.05. The molecular weight excluding hydrogens is 291 g/mol. The van der Waals surface area contributed by atoms with E-state index in [-0.39, 0.29) is 18.4 Å². The molecule has 0 spiro atoms. The minimum absolute atomic E-state index is 0.0715. The molecule has 0 aliphatic carbocycles. The first-order valence-electron chi connectivity index (χ1n) is 5.40. The van der Waals surface area contributed by atoms with E-state index in [1.54, 1.807) is 18.2 Å². The van der Waals surface area contributed by atoms with Gasteiger partial charge in [0, 0.05) is 12.5 Å². The Kier molecular flexibility index (Phi) is 5.85. The molecule has 98 valence electrons. The molecule has 1 amide bonds. The molecule has 0 radical (unpaired) electrons. The molecule has 0 fully saturated rings. The van der Waals surface area contributed by atoms with E-state index in [9.17, 15) is 4.79 Å². The lowest BCUT2D eigenvalue weighted by Gasteiger charge is -2.13. The Morgan fingerprint density at radius 1 is 1.44 bits per heavy atom. The summed E-state index contributed by atoms with van der Waals surface area (Å²) in [6.07, 6.45) is 0.737. The molecular formula is C12H14Cl2N2OS. The molecule has 0 heterocycles. The van der Waals surface area contributed by atoms with Crippen molar-refractivity contribution in [3.05, 3.63) is 33.8 Å². The summed E-state index contributed by atoms with van der Waals surface area (Å²) in [4.78, 5) is 12.1. The normalized spacial score (nSPS) is 11.9. The van der Waals surface area contributed by atoms with Crippen LogP contribution in [0, 0.1) is 0 Å². The first-order valence-corrected chi connectivity index (χ1v) is 6.56. The van der Waals surface area contributed by atoms with Crippen LogP contribution in [0.2, 0.25) is 10.0 Å². The van der Waals surface area contributed by atoms with Crippen molar-refractivity contribution < 1.29 is 4.79 Å². The van der Waals surface area contributed by atoms with E-state index in [4.69, 9.17) is 41.2 Å². The van der Waals surface area contributed by atoms with Gasteiger partial charge >= 0.3 is 0 Å². The highest BCUT2D eigenvalue weighted by Crippen LogP contribution is 2.22. The van der Waals surface area contributed by atoms with Crippen LogP contribution in [-0.2, 0) is 11.2 Å². The predicted octanol–water partition coefficient (Wildman–Crippen LogP) is 2.72. The van der Waals surface area contributed by atoms with Crippen LogP contribution in [0.1, 0.15) is 18.9 Å². The van der Waals surface area contributed by atoms with Gasteiger partial charge in [-0.3, -0.25) is 4.79 Å². The maximum Gasteiger partial charge on any atom is 0.224 e. The fourth-order valence-electron chi connectivity index (χ4n) is 1.51. The lowest BCUT2D eigenvalue weighted by molar-refractivity contribution is -0.120. The van der Waals surface area contributed by atoms with Crippen LogP contribution in [0.25, 0.3) is 0 Å². The Morgan fingerprint density at radius 3 is 2.67 bits per heavy atom. The van der Waals surface area contributed by atoms with Gasteiger partial charge < -0.3 is 11.1 Å². The van der Waals surface area contributed by atoms with Crippen LogP contribution in [-0.4, -0.2) is 16.9 Å². The first-order chi connectivity index (χ1) is 8.38. The van der Waals surface area contributed by atoms with E-state index < -0.39 is 0 Å². The number of rotatable bonds is 5. The van der Waals surface area contributed by atoms with Crippen molar-refractivity contribution >= 4 is 46.3 Å². The Labute approximate surface area is 122 Å². The third-order valence-corrected chi connectivity index (χ3v) is 3.17. The average Bonchev–Trinajstić information content (AvgIpc) is 2.21. The average molecular weight is 305 g/mol. The zero-order chi connectivity index (χ0) is 13.7. The molecule has 0 aromatic heterocycles. The number of hydrogen-bond acceptors (Lipinski definition) is 2. The number of amides is 1. The highest BCUT2D eigenvalue weighted by Gasteiger charge is 2.10. The van der Waals surface area contributed by atoms with Crippen LogP contribution in [0.5, 0.6) is 0 Å². The van der Waals surface area contributed by atoms with Crippen molar-refractivity contribution in [2.75, 3.05) is 0 Å². The minimum Gasteiger partial charge on any atom is -0.393 e. The Morgan fingerprint density at radius 2 is 2.11 bits per heavy atom. The molecule has 0 saturated carbocycles. The third-order valence-electron chi connectivity index (χ3n) is 2.26. The van der Waals surface area contributed by atoms with Gasteiger partial charge in [-0.2, -0.15) is 0 Å². The van der Waals surface area contributed by atoms with Gasteiger partial charge in [0.1, 0.15) is 0 Å². The first kappa shape index (κ1) is 15.2. The number of carbonyl (C=O) groups is 1. The number of halogens is 2. The summed E-state index contributed by atoms with van der Waals surface area (Å²) in [5.74, 6) is -0.0999. The monoisotopic (exact) mass is 304 g/mol. The van der Waals surface area contributed by atoms with Gasteiger partial charge in [0.15, 0.2) is 0 Å². The topological polar surface area (TPSA) is 55.1 Å². The van der Waals surface area contributed by atoms with Crippen LogP contribution < -0.4 is 11.1 Å². The maximum absolute atomic E-state index is 11.7. The number of carbonyl (C=O) groups excluding carboxylic acids is 1. The highest BCUT2D eigenvalue weighted by atomic mass is 35.5. The van der Waals surface area contributed by atoms with Gasteiger partial charge in [-0.05, 0) is 24.6 Å². The van der Waals surface area contributed by atoms with Gasteiger partial charge in [-0.1, -0.05) is 41.5 Å². The van der Waals surface area contributed by atoms with Gasteiger partial charge in [-0.25, -0.2) is 0 Å². The predicted molar refractivity (Wildman–Crippen MR) is 79.2 cm³/mol. The van der Waals surface area contributed by atoms with Gasteiger partial charge in [0.25, 0.3) is 0 Å². The molecule has 0 bridgehead atoms. The number of nitrogens with one attached hydrogen (secondary N) is 1. The molecule has 0 aliphatic rings. The lowest BCUT2D eigenvalue weighted by Crippen LogP contribution is -2.36. The van der Waals surface area contributed by atoms with Crippen molar-refractivity contribution in [2.45, 2.75) is 25.8 Å². The molecule has 0 aliphatic heterocycles. The van der Waals surface area contributed by atoms with E-state index in [1.165, 1.54) is 0 Å². The lowest BCUT2D eigenvalue weighted by atomic mass is 10.1. The third kappa shape index (κ3) is 5.21. The Bertz CT molecular complexity index is 465. The van der Waals surface area contributed by atoms with E-state index in [0.717, 1.165) is 5.56 Å². The highest BCUT2D eigenvalue weighted by molar-refractivity contribution is 7.80. The van der Waals surface area contributed by atoms with Crippen molar-refractivity contribution in [2.24, 2.45) is 5.73 Å². The Balaban J connectivity index is 2.54. The van der Waals surface area contributed by atoms with Crippen molar-refractivity contribution in [1.29, 1.82) is 0 Å². The second-order valence-corrected chi connectivity index (χ2v) is 5.40. The zero-order valence-corrected chi connectivity index (χ0v) is 12.2. The SMILES string of the molecule is CC(CC(N)=S)NC(=O)Cc1ccc(Cl)c(Cl)c1. The fraction of sp³-hybridized carbons (Fsp3) is 0.333. The van der Waals surface area contributed by atoms with Gasteiger partial charge in [-0.15, -0.1) is 0 Å². The quantitative estimate of drug-likeness (QED) is 0.822. The summed E-state index contributed by atoms with van der Waals surface area (Å²) in [5, 5.41) is 3.73. The van der Waals surface area contributed by atoms with E-state index in [0.29, 0.717) is 21.5 Å². The van der Waals surface area contributed by atoms with Crippen LogP contribution in [0.4, 0.5) is 0 Å². The van der Waals surface area contributed by atoms with Crippen LogP contribution in [0.15, 0.2) is 18.2 Å². The summed E-state index contributed by atoms with van der Waals surface area (Å²) in [6.45, 7) is 1.85. The molecule has 6 heteroatoms. The summed E-state index contributed by atoms with van der Waals surface area (Å²) in [7, 11) is 0. The second kappa shape index (κ2) is 6.92. The van der Waals surface area contributed by atoms with Gasteiger partial charge in [0.2, 0.25) is 5.91 Å². The fourth-order valence-corrected chi connectivity index (χ4v) is 2.08. The summed E-state index contributed by atoms with van der Waals surface area (Å²) >= 11 is 16.5. The largest absolute Gasteiger partial charge is 0.393 e. The zero-order valence-electron chi connectivity index (χ0n) is 9.87. The summed E-state index contributed by atoms with van der Waals surface area (Å²) in [5.41, 5.74) is 6.22. The standard InChI is InChI=1S/C12H14Cl2N2OS/c1-7(4-11(15)18)16-12(17)6-8-2-3-9(13)10(14)5-8/h2-3,5,7H,4,6H2,1H3,(H2,15,18)(H,16,17). The van der Waals surface area contributed by atoms with Crippen molar-refractivity contribution in [3.63, 3.8) is 0 Å². The van der Waals surface area contributed by atoms with E-state index in [1.807, 2.05) is 6.92 Å². The van der Waals surface area contributed by atoms with Crippen molar-refractivity contribution in [3.8, 4) is 0 Å². The van der Waals surface area contributed by atoms with E-state index in [2.05, 4.69) is 5.32 Å². The maximum atomic E-state index is 11.7. The number of thiocarbonyl (C=S) groups is 1. The molecule has 3 N–H and O–H groups in total. The number of benzene rings is 1. The molecule has 0 saturated heterocycles.